The van der Waals surface area contributed by atoms with Crippen LogP contribution >= 0.6 is 0 Å². The Kier molecular flexibility index (Phi) is 4.92. The van der Waals surface area contributed by atoms with Crippen LogP contribution in [0.15, 0.2) is 18.2 Å². The van der Waals surface area contributed by atoms with Crippen LogP contribution in [0.2, 0.25) is 0 Å². The van der Waals surface area contributed by atoms with Crippen LogP contribution in [0.5, 0.6) is 0 Å². The molecule has 0 amide bonds. The highest BCUT2D eigenvalue weighted by atomic mass is 15.2. The zero-order chi connectivity index (χ0) is 15.5. The fourth-order valence-corrected chi connectivity index (χ4v) is 2.75. The van der Waals surface area contributed by atoms with Gasteiger partial charge in [0.2, 0.25) is 0 Å². The summed E-state index contributed by atoms with van der Waals surface area (Å²) < 4.78 is 0. The summed E-state index contributed by atoms with van der Waals surface area (Å²) in [6.45, 7) is 14.4. The standard InChI is InChI=1S/C18H31N3/c1-17(2,3)19-14-15-8-6-9-16(20-15)21-12-7-10-18(4,5)11-13-21/h6,8-9,19H,7,10-14H2,1-5H3. The van der Waals surface area contributed by atoms with Gasteiger partial charge in [0.05, 0.1) is 5.69 Å². The minimum Gasteiger partial charge on any atom is -0.357 e. The summed E-state index contributed by atoms with van der Waals surface area (Å²) in [7, 11) is 0. The van der Waals surface area contributed by atoms with Gasteiger partial charge in [0.15, 0.2) is 0 Å². The first-order valence-corrected chi connectivity index (χ1v) is 8.21. The molecule has 3 nitrogen and oxygen atoms in total. The molecule has 1 fully saturated rings. The van der Waals surface area contributed by atoms with Gasteiger partial charge in [0.1, 0.15) is 5.82 Å². The maximum atomic E-state index is 4.85. The first-order valence-electron chi connectivity index (χ1n) is 8.21. The number of hydrogen-bond donors (Lipinski definition) is 1. The van der Waals surface area contributed by atoms with Crippen LogP contribution in [0.25, 0.3) is 0 Å². The number of nitrogens with one attached hydrogen (secondary N) is 1. The van der Waals surface area contributed by atoms with Gasteiger partial charge in [-0.05, 0) is 57.6 Å². The number of aromatic nitrogens is 1. The molecule has 0 atom stereocenters. The Bertz CT molecular complexity index is 460. The topological polar surface area (TPSA) is 28.2 Å². The molecule has 0 unspecified atom stereocenters. The lowest BCUT2D eigenvalue weighted by atomic mass is 9.85. The molecule has 3 heteroatoms. The molecule has 0 saturated carbocycles. The van der Waals surface area contributed by atoms with E-state index in [1.54, 1.807) is 0 Å². The first-order chi connectivity index (χ1) is 9.75. The van der Waals surface area contributed by atoms with Crippen LogP contribution in [-0.4, -0.2) is 23.6 Å². The third-order valence-electron chi connectivity index (χ3n) is 4.26. The molecule has 1 saturated heterocycles. The Hall–Kier alpha value is -1.09. The van der Waals surface area contributed by atoms with Gasteiger partial charge >= 0.3 is 0 Å². The summed E-state index contributed by atoms with van der Waals surface area (Å²) in [4.78, 5) is 7.31. The molecule has 1 aliphatic rings. The van der Waals surface area contributed by atoms with Crippen LogP contribution in [-0.2, 0) is 6.54 Å². The molecule has 0 radical (unpaired) electrons. The molecular weight excluding hydrogens is 258 g/mol. The molecule has 1 aromatic rings. The lowest BCUT2D eigenvalue weighted by molar-refractivity contribution is 0.325. The van der Waals surface area contributed by atoms with Crippen molar-refractivity contribution in [3.05, 3.63) is 23.9 Å². The van der Waals surface area contributed by atoms with E-state index in [2.05, 4.69) is 63.0 Å². The van der Waals surface area contributed by atoms with Crippen LogP contribution in [0.4, 0.5) is 5.82 Å². The van der Waals surface area contributed by atoms with Crippen molar-refractivity contribution in [2.45, 2.75) is 66.0 Å². The van der Waals surface area contributed by atoms with E-state index >= 15 is 0 Å². The van der Waals surface area contributed by atoms with Gasteiger partial charge < -0.3 is 10.2 Å². The second kappa shape index (κ2) is 6.35. The molecule has 0 aliphatic carbocycles. The van der Waals surface area contributed by atoms with E-state index in [-0.39, 0.29) is 5.54 Å². The zero-order valence-corrected chi connectivity index (χ0v) is 14.4. The van der Waals surface area contributed by atoms with Gasteiger partial charge in [-0.25, -0.2) is 4.98 Å². The van der Waals surface area contributed by atoms with E-state index in [0.29, 0.717) is 5.41 Å². The molecule has 2 heterocycles. The fraction of sp³-hybridized carbons (Fsp3) is 0.722. The van der Waals surface area contributed by atoms with Crippen molar-refractivity contribution in [3.8, 4) is 0 Å². The molecule has 1 aromatic heterocycles. The highest BCUT2D eigenvalue weighted by Gasteiger charge is 2.23. The van der Waals surface area contributed by atoms with Crippen molar-refractivity contribution < 1.29 is 0 Å². The second-order valence-corrected chi connectivity index (χ2v) is 8.10. The molecule has 21 heavy (non-hydrogen) atoms. The predicted molar refractivity (Wildman–Crippen MR) is 90.7 cm³/mol. The number of nitrogens with zero attached hydrogens (tertiary/aromatic N) is 2. The van der Waals surface area contributed by atoms with Crippen LogP contribution in [0.3, 0.4) is 0 Å². The number of anilines is 1. The molecule has 1 aliphatic heterocycles. The van der Waals surface area contributed by atoms with E-state index in [0.717, 1.165) is 31.1 Å². The van der Waals surface area contributed by atoms with E-state index in [9.17, 15) is 0 Å². The Labute approximate surface area is 130 Å². The quantitative estimate of drug-likeness (QED) is 0.912. The number of rotatable bonds is 3. The maximum absolute atomic E-state index is 4.85. The van der Waals surface area contributed by atoms with Crippen molar-refractivity contribution in [3.63, 3.8) is 0 Å². The predicted octanol–water partition coefficient (Wildman–Crippen LogP) is 3.99. The molecule has 0 aromatic carbocycles. The summed E-state index contributed by atoms with van der Waals surface area (Å²) in [6.07, 6.45) is 3.83. The van der Waals surface area contributed by atoms with Crippen molar-refractivity contribution in [1.82, 2.24) is 10.3 Å². The van der Waals surface area contributed by atoms with Gasteiger partial charge in [-0.15, -0.1) is 0 Å². The maximum Gasteiger partial charge on any atom is 0.128 e. The fourth-order valence-electron chi connectivity index (χ4n) is 2.75. The molecular formula is C18H31N3. The second-order valence-electron chi connectivity index (χ2n) is 8.10. The highest BCUT2D eigenvalue weighted by molar-refractivity contribution is 5.39. The normalized spacial score (nSPS) is 19.4. The van der Waals surface area contributed by atoms with Crippen LogP contribution in [0.1, 0.15) is 59.6 Å². The van der Waals surface area contributed by atoms with E-state index in [4.69, 9.17) is 4.98 Å². The summed E-state index contributed by atoms with van der Waals surface area (Å²) in [5.41, 5.74) is 1.73. The molecule has 0 bridgehead atoms. The Morgan fingerprint density at radius 1 is 1.19 bits per heavy atom. The highest BCUT2D eigenvalue weighted by Crippen LogP contribution is 2.31. The van der Waals surface area contributed by atoms with Crippen LogP contribution < -0.4 is 10.2 Å². The van der Waals surface area contributed by atoms with Crippen molar-refractivity contribution in [2.24, 2.45) is 5.41 Å². The van der Waals surface area contributed by atoms with Crippen molar-refractivity contribution >= 4 is 5.82 Å². The van der Waals surface area contributed by atoms with Gasteiger partial charge in [-0.3, -0.25) is 0 Å². The third kappa shape index (κ3) is 5.31. The molecule has 118 valence electrons. The summed E-state index contributed by atoms with van der Waals surface area (Å²) in [5, 5.41) is 3.51. The summed E-state index contributed by atoms with van der Waals surface area (Å²) in [5.74, 6) is 1.14. The minimum absolute atomic E-state index is 0.129. The smallest absolute Gasteiger partial charge is 0.128 e. The average molecular weight is 289 g/mol. The van der Waals surface area contributed by atoms with Gasteiger partial charge in [0.25, 0.3) is 0 Å². The van der Waals surface area contributed by atoms with Crippen LogP contribution in [0, 0.1) is 5.41 Å². The van der Waals surface area contributed by atoms with Crippen molar-refractivity contribution in [2.75, 3.05) is 18.0 Å². The Morgan fingerprint density at radius 2 is 1.95 bits per heavy atom. The van der Waals surface area contributed by atoms with Crippen molar-refractivity contribution in [1.29, 1.82) is 0 Å². The zero-order valence-electron chi connectivity index (χ0n) is 14.4. The monoisotopic (exact) mass is 289 g/mol. The Morgan fingerprint density at radius 3 is 2.67 bits per heavy atom. The molecule has 0 spiro atoms. The summed E-state index contributed by atoms with van der Waals surface area (Å²) >= 11 is 0. The lowest BCUT2D eigenvalue weighted by Gasteiger charge is -2.25. The van der Waals surface area contributed by atoms with E-state index in [1.165, 1.54) is 19.3 Å². The third-order valence-corrected chi connectivity index (χ3v) is 4.26. The number of hydrogen-bond acceptors (Lipinski definition) is 3. The largest absolute Gasteiger partial charge is 0.357 e. The van der Waals surface area contributed by atoms with E-state index < -0.39 is 0 Å². The average Bonchev–Trinajstić information content (AvgIpc) is 2.57. The SMILES string of the molecule is CC1(C)CCCN(c2cccc(CNC(C)(C)C)n2)CC1. The summed E-state index contributed by atoms with van der Waals surface area (Å²) in [6, 6.07) is 6.40. The lowest BCUT2D eigenvalue weighted by Crippen LogP contribution is -2.35. The Balaban J connectivity index is 2.03. The molecule has 2 rings (SSSR count). The molecule has 1 N–H and O–H groups in total. The van der Waals surface area contributed by atoms with E-state index in [1.807, 2.05) is 0 Å². The van der Waals surface area contributed by atoms with Gasteiger partial charge in [-0.2, -0.15) is 0 Å². The number of pyridine rings is 1. The minimum atomic E-state index is 0.129. The van der Waals surface area contributed by atoms with Gasteiger partial charge in [0, 0.05) is 25.2 Å². The van der Waals surface area contributed by atoms with Gasteiger partial charge in [-0.1, -0.05) is 19.9 Å². The first kappa shape index (κ1) is 16.3.